The van der Waals surface area contributed by atoms with E-state index in [0.717, 1.165) is 0 Å². The Hall–Kier alpha value is -3.32. The number of hydrogen-bond acceptors (Lipinski definition) is 6. The molecule has 0 saturated carbocycles. The maximum atomic E-state index is 11.8. The van der Waals surface area contributed by atoms with Crippen LogP contribution in [0.1, 0.15) is 12.0 Å². The van der Waals surface area contributed by atoms with Gasteiger partial charge in [0, 0.05) is 6.54 Å². The van der Waals surface area contributed by atoms with Crippen molar-refractivity contribution < 1.29 is 19.1 Å². The summed E-state index contributed by atoms with van der Waals surface area (Å²) in [5, 5.41) is 19.8. The lowest BCUT2D eigenvalue weighted by Gasteiger charge is -2.04. The molecular weight excluding hydrogens is 298 g/mol. The molecule has 1 N–H and O–H groups in total. The molecule has 0 fully saturated rings. The number of nitrogens with one attached hydrogen (secondary N) is 1. The van der Waals surface area contributed by atoms with Gasteiger partial charge in [-0.3, -0.25) is 4.79 Å². The predicted octanol–water partition coefficient (Wildman–Crippen LogP) is 1.18. The molecule has 0 aliphatic carbocycles. The van der Waals surface area contributed by atoms with Gasteiger partial charge in [0.05, 0.1) is 19.6 Å². The summed E-state index contributed by atoms with van der Waals surface area (Å²) in [6.45, 7) is -0.328. The van der Waals surface area contributed by atoms with Crippen molar-refractivity contribution >= 4 is 18.0 Å². The Balaban J connectivity index is 2.61. The van der Waals surface area contributed by atoms with E-state index in [1.165, 1.54) is 13.2 Å². The lowest BCUT2D eigenvalue weighted by Crippen LogP contribution is -2.29. The summed E-state index contributed by atoms with van der Waals surface area (Å²) in [5.74, 6) is -0.772. The topological polar surface area (TPSA) is 112 Å². The Morgan fingerprint density at radius 2 is 1.96 bits per heavy atom. The van der Waals surface area contributed by atoms with E-state index in [-0.39, 0.29) is 18.5 Å². The Kier molecular flexibility index (Phi) is 7.39. The van der Waals surface area contributed by atoms with Crippen molar-refractivity contribution in [1.82, 2.24) is 5.32 Å². The minimum Gasteiger partial charge on any atom is -0.497 e. The Morgan fingerprint density at radius 3 is 2.52 bits per heavy atom. The van der Waals surface area contributed by atoms with E-state index < -0.39 is 18.5 Å². The second-order valence-corrected chi connectivity index (χ2v) is 4.28. The molecule has 0 saturated heterocycles. The van der Waals surface area contributed by atoms with Crippen LogP contribution in [0.25, 0.3) is 6.08 Å². The second kappa shape index (κ2) is 9.59. The van der Waals surface area contributed by atoms with Gasteiger partial charge in [0.15, 0.2) is 6.61 Å². The molecule has 0 heterocycles. The smallest absolute Gasteiger partial charge is 0.349 e. The van der Waals surface area contributed by atoms with Crippen molar-refractivity contribution in [2.45, 2.75) is 6.42 Å². The first-order chi connectivity index (χ1) is 11.1. The van der Waals surface area contributed by atoms with Gasteiger partial charge in [-0.2, -0.15) is 10.5 Å². The van der Waals surface area contributed by atoms with Crippen LogP contribution in [0, 0.1) is 22.7 Å². The lowest BCUT2D eigenvalue weighted by atomic mass is 10.1. The Labute approximate surface area is 133 Å². The Bertz CT molecular complexity index is 666. The van der Waals surface area contributed by atoms with Gasteiger partial charge in [0.25, 0.3) is 5.91 Å². The summed E-state index contributed by atoms with van der Waals surface area (Å²) in [5.41, 5.74) is 0.401. The highest BCUT2D eigenvalue weighted by Gasteiger charge is 2.13. The summed E-state index contributed by atoms with van der Waals surface area (Å²) < 4.78 is 9.77. The van der Waals surface area contributed by atoms with Crippen molar-refractivity contribution in [2.75, 3.05) is 20.3 Å². The predicted molar refractivity (Wildman–Crippen MR) is 80.8 cm³/mol. The fourth-order valence-electron chi connectivity index (χ4n) is 1.52. The molecule has 0 unspecified atom stereocenters. The first kappa shape index (κ1) is 17.7. The third-order valence-electron chi connectivity index (χ3n) is 2.66. The van der Waals surface area contributed by atoms with Crippen molar-refractivity contribution in [3.8, 4) is 17.9 Å². The number of rotatable bonds is 7. The molecule has 0 aliphatic rings. The van der Waals surface area contributed by atoms with Crippen LogP contribution in [0.3, 0.4) is 0 Å². The maximum absolute atomic E-state index is 11.8. The first-order valence-corrected chi connectivity index (χ1v) is 6.67. The van der Waals surface area contributed by atoms with Crippen LogP contribution in [0.15, 0.2) is 29.8 Å². The highest BCUT2D eigenvalue weighted by atomic mass is 16.5. The number of amides is 1. The monoisotopic (exact) mass is 313 g/mol. The number of nitrogens with zero attached hydrogens (tertiary/aromatic N) is 2. The van der Waals surface area contributed by atoms with Gasteiger partial charge in [-0.15, -0.1) is 0 Å². The summed E-state index contributed by atoms with van der Waals surface area (Å²) in [4.78, 5) is 23.1. The molecule has 0 atom stereocenters. The van der Waals surface area contributed by atoms with Gasteiger partial charge in [0.2, 0.25) is 0 Å². The molecule has 1 aromatic carbocycles. The standard InChI is InChI=1S/C16H15N3O4/c1-22-14-5-3-12(4-6-14)9-13(10-18)16(21)23-11-15(20)19-8-2-7-17/h3-6,9H,2,8,11H2,1H3,(H,19,20)/b13-9+. The summed E-state index contributed by atoms with van der Waals surface area (Å²) in [7, 11) is 1.53. The first-order valence-electron chi connectivity index (χ1n) is 6.67. The number of ether oxygens (including phenoxy) is 2. The third-order valence-corrected chi connectivity index (χ3v) is 2.66. The van der Waals surface area contributed by atoms with E-state index in [1.807, 2.05) is 6.07 Å². The molecule has 0 spiro atoms. The normalized spacial score (nSPS) is 10.1. The molecule has 0 aliphatic heterocycles. The van der Waals surface area contributed by atoms with E-state index in [1.54, 1.807) is 30.3 Å². The number of methoxy groups -OCH3 is 1. The maximum Gasteiger partial charge on any atom is 0.349 e. The van der Waals surface area contributed by atoms with Crippen molar-refractivity contribution in [1.29, 1.82) is 10.5 Å². The minimum atomic E-state index is -0.890. The summed E-state index contributed by atoms with van der Waals surface area (Å²) in [6.07, 6.45) is 1.52. The molecule has 23 heavy (non-hydrogen) atoms. The number of hydrogen-bond donors (Lipinski definition) is 1. The molecule has 0 radical (unpaired) electrons. The minimum absolute atomic E-state index is 0.167. The van der Waals surface area contributed by atoms with E-state index in [0.29, 0.717) is 11.3 Å². The number of carbonyl (C=O) groups is 2. The van der Waals surface area contributed by atoms with E-state index in [4.69, 9.17) is 20.0 Å². The van der Waals surface area contributed by atoms with Crippen LogP contribution in [0.4, 0.5) is 0 Å². The molecule has 0 aromatic heterocycles. The van der Waals surface area contributed by atoms with Gasteiger partial charge in [-0.25, -0.2) is 4.79 Å². The number of benzene rings is 1. The number of nitriles is 2. The number of esters is 1. The molecular formula is C16H15N3O4. The molecule has 1 rings (SSSR count). The highest BCUT2D eigenvalue weighted by molar-refractivity contribution is 5.98. The second-order valence-electron chi connectivity index (χ2n) is 4.28. The van der Waals surface area contributed by atoms with Crippen LogP contribution in [-0.2, 0) is 14.3 Å². The van der Waals surface area contributed by atoms with Gasteiger partial charge < -0.3 is 14.8 Å². The van der Waals surface area contributed by atoms with Crippen LogP contribution in [0.2, 0.25) is 0 Å². The van der Waals surface area contributed by atoms with Crippen molar-refractivity contribution in [2.24, 2.45) is 0 Å². The SMILES string of the molecule is COc1ccc(/C=C(\C#N)C(=O)OCC(=O)NCCC#N)cc1. The van der Waals surface area contributed by atoms with E-state index in [2.05, 4.69) is 5.32 Å². The lowest BCUT2D eigenvalue weighted by molar-refractivity contribution is -0.144. The van der Waals surface area contributed by atoms with E-state index in [9.17, 15) is 9.59 Å². The quantitative estimate of drug-likeness (QED) is 0.350. The highest BCUT2D eigenvalue weighted by Crippen LogP contribution is 2.14. The molecule has 1 aromatic rings. The Morgan fingerprint density at radius 1 is 1.26 bits per heavy atom. The van der Waals surface area contributed by atoms with Crippen molar-refractivity contribution in [3.63, 3.8) is 0 Å². The zero-order valence-electron chi connectivity index (χ0n) is 12.5. The molecule has 7 heteroatoms. The van der Waals surface area contributed by atoms with Gasteiger partial charge in [-0.05, 0) is 23.8 Å². The van der Waals surface area contributed by atoms with Gasteiger partial charge in [0.1, 0.15) is 17.4 Å². The molecule has 118 valence electrons. The van der Waals surface area contributed by atoms with Crippen LogP contribution >= 0.6 is 0 Å². The zero-order valence-corrected chi connectivity index (χ0v) is 12.5. The van der Waals surface area contributed by atoms with Crippen molar-refractivity contribution in [3.05, 3.63) is 35.4 Å². The average Bonchev–Trinajstić information content (AvgIpc) is 2.58. The molecule has 1 amide bonds. The average molecular weight is 313 g/mol. The zero-order chi connectivity index (χ0) is 17.1. The van der Waals surface area contributed by atoms with Gasteiger partial charge >= 0.3 is 5.97 Å². The summed E-state index contributed by atoms with van der Waals surface area (Å²) >= 11 is 0. The molecule has 7 nitrogen and oxygen atoms in total. The molecule has 0 bridgehead atoms. The fourth-order valence-corrected chi connectivity index (χ4v) is 1.52. The van der Waals surface area contributed by atoms with E-state index >= 15 is 0 Å². The third kappa shape index (κ3) is 6.32. The number of carbonyl (C=O) groups excluding carboxylic acids is 2. The fraction of sp³-hybridized carbons (Fsp3) is 0.250. The summed E-state index contributed by atoms with van der Waals surface area (Å²) in [6, 6.07) is 10.3. The van der Waals surface area contributed by atoms with Crippen LogP contribution in [-0.4, -0.2) is 32.1 Å². The van der Waals surface area contributed by atoms with Gasteiger partial charge in [-0.1, -0.05) is 12.1 Å². The van der Waals surface area contributed by atoms with Crippen LogP contribution in [0.5, 0.6) is 5.75 Å². The largest absolute Gasteiger partial charge is 0.497 e. The van der Waals surface area contributed by atoms with Crippen LogP contribution < -0.4 is 10.1 Å².